The molecule has 2 aromatic heterocycles. The lowest BCUT2D eigenvalue weighted by molar-refractivity contribution is -0.139. The van der Waals surface area contributed by atoms with E-state index in [0.29, 0.717) is 40.6 Å². The van der Waals surface area contributed by atoms with Crippen LogP contribution in [0.3, 0.4) is 0 Å². The summed E-state index contributed by atoms with van der Waals surface area (Å²) in [7, 11) is 2.06. The Labute approximate surface area is 220 Å². The number of carbonyl (C=O) groups is 1. The van der Waals surface area contributed by atoms with Crippen LogP contribution in [0.1, 0.15) is 21.5 Å². The van der Waals surface area contributed by atoms with Gasteiger partial charge in [-0.25, -0.2) is 24.3 Å². The lowest BCUT2D eigenvalue weighted by Crippen LogP contribution is -2.45. The summed E-state index contributed by atoms with van der Waals surface area (Å²) in [4.78, 5) is 34.9. The summed E-state index contributed by atoms with van der Waals surface area (Å²) in [6, 6.07) is 7.08. The zero-order chi connectivity index (χ0) is 27.7. The van der Waals surface area contributed by atoms with Gasteiger partial charge < -0.3 is 20.4 Å². The van der Waals surface area contributed by atoms with Gasteiger partial charge in [-0.15, -0.1) is 0 Å². The molecule has 0 saturated carbocycles. The molecule has 13 heteroatoms. The van der Waals surface area contributed by atoms with Crippen LogP contribution in [0.25, 0.3) is 11.0 Å². The van der Waals surface area contributed by atoms with Crippen LogP contribution in [0.15, 0.2) is 48.9 Å². The fourth-order valence-electron chi connectivity index (χ4n) is 4.14. The Kier molecular flexibility index (Phi) is 7.00. The highest BCUT2D eigenvalue weighted by atomic mass is 19.4. The molecule has 1 saturated heterocycles. The van der Waals surface area contributed by atoms with Crippen LogP contribution in [0.4, 0.5) is 40.7 Å². The molecule has 0 unspecified atom stereocenters. The van der Waals surface area contributed by atoms with Crippen LogP contribution in [0.2, 0.25) is 0 Å². The second-order valence-corrected chi connectivity index (χ2v) is 9.22. The summed E-state index contributed by atoms with van der Waals surface area (Å²) in [6.07, 6.45) is -1.88. The molecule has 0 spiro atoms. The van der Waals surface area contributed by atoms with E-state index in [1.54, 1.807) is 18.3 Å². The molecule has 0 atom stereocenters. The van der Waals surface area contributed by atoms with Crippen molar-refractivity contribution in [2.24, 2.45) is 0 Å². The van der Waals surface area contributed by atoms with E-state index in [9.17, 15) is 22.4 Å². The van der Waals surface area contributed by atoms with Crippen molar-refractivity contribution in [3.63, 3.8) is 0 Å². The molecule has 9 nitrogen and oxygen atoms in total. The Morgan fingerprint density at radius 1 is 1.00 bits per heavy atom. The quantitative estimate of drug-likeness (QED) is 0.354. The van der Waals surface area contributed by atoms with Crippen LogP contribution in [-0.4, -0.2) is 64.0 Å². The number of likely N-dealkylation sites (N-methyl/N-ethyl adjacent to an activating group) is 1. The van der Waals surface area contributed by atoms with E-state index in [1.165, 1.54) is 12.4 Å². The van der Waals surface area contributed by atoms with Crippen molar-refractivity contribution in [2.45, 2.75) is 13.1 Å². The van der Waals surface area contributed by atoms with E-state index < -0.39 is 23.5 Å². The number of hydrogen-bond acceptors (Lipinski definition) is 8. The fourth-order valence-corrected chi connectivity index (χ4v) is 4.14. The van der Waals surface area contributed by atoms with Gasteiger partial charge in [-0.2, -0.15) is 13.2 Å². The first-order chi connectivity index (χ1) is 18.6. The van der Waals surface area contributed by atoms with Gasteiger partial charge in [0.25, 0.3) is 5.91 Å². The number of hydrogen-bond donors (Lipinski definition) is 2. The van der Waals surface area contributed by atoms with Gasteiger partial charge in [-0.3, -0.25) is 4.79 Å². The van der Waals surface area contributed by atoms with Gasteiger partial charge in [-0.05, 0) is 49.9 Å². The highest BCUT2D eigenvalue weighted by Crippen LogP contribution is 2.33. The molecule has 202 valence electrons. The molecule has 3 heterocycles. The van der Waals surface area contributed by atoms with E-state index in [1.807, 2.05) is 6.92 Å². The minimum absolute atomic E-state index is 0.173. The minimum atomic E-state index is -4.89. The molecule has 2 aromatic carbocycles. The Morgan fingerprint density at radius 2 is 1.77 bits per heavy atom. The van der Waals surface area contributed by atoms with E-state index in [4.69, 9.17) is 4.98 Å². The number of nitrogens with zero attached hydrogens (tertiary/aromatic N) is 6. The number of anilines is 4. The molecule has 5 rings (SSSR count). The third-order valence-corrected chi connectivity index (χ3v) is 6.43. The first kappa shape index (κ1) is 26.2. The van der Waals surface area contributed by atoms with E-state index in [0.717, 1.165) is 37.8 Å². The first-order valence-corrected chi connectivity index (χ1v) is 12.1. The Balaban J connectivity index is 1.40. The maximum atomic E-state index is 13.6. The summed E-state index contributed by atoms with van der Waals surface area (Å²) in [5.41, 5.74) is 0.895. The zero-order valence-electron chi connectivity index (χ0n) is 21.1. The Hall–Kier alpha value is -4.39. The molecule has 0 radical (unpaired) electrons. The van der Waals surface area contributed by atoms with Crippen molar-refractivity contribution >= 4 is 40.1 Å². The first-order valence-electron chi connectivity index (χ1n) is 12.1. The Bertz CT molecular complexity index is 1540. The second-order valence-electron chi connectivity index (χ2n) is 9.22. The van der Waals surface area contributed by atoms with Gasteiger partial charge in [0.05, 0.1) is 11.8 Å². The number of aromatic nitrogens is 4. The number of halogens is 4. The van der Waals surface area contributed by atoms with Crippen molar-refractivity contribution in [1.29, 1.82) is 0 Å². The van der Waals surface area contributed by atoms with Crippen molar-refractivity contribution in [2.75, 3.05) is 48.8 Å². The van der Waals surface area contributed by atoms with E-state index in [2.05, 4.69) is 42.4 Å². The fraction of sp³-hybridized carbons (Fsp3) is 0.269. The number of nitrogens with one attached hydrogen (secondary N) is 2. The molecule has 0 bridgehead atoms. The second kappa shape index (κ2) is 10.4. The molecule has 1 aliphatic heterocycles. The number of benzene rings is 2. The third-order valence-electron chi connectivity index (χ3n) is 6.43. The number of piperazine rings is 1. The lowest BCUT2D eigenvalue weighted by Gasteiger charge is -2.32. The zero-order valence-corrected chi connectivity index (χ0v) is 21.1. The predicted octanol–water partition coefficient (Wildman–Crippen LogP) is 4.63. The predicted molar refractivity (Wildman–Crippen MR) is 139 cm³/mol. The van der Waals surface area contributed by atoms with E-state index in [-0.39, 0.29) is 11.3 Å². The molecule has 1 fully saturated rings. The molecular weight excluding hydrogens is 516 g/mol. The average Bonchev–Trinajstić information content (AvgIpc) is 2.90. The van der Waals surface area contributed by atoms with Gasteiger partial charge in [0.2, 0.25) is 5.95 Å². The van der Waals surface area contributed by atoms with Crippen LogP contribution >= 0.6 is 0 Å². The van der Waals surface area contributed by atoms with Crippen LogP contribution < -0.4 is 15.5 Å². The van der Waals surface area contributed by atoms with Gasteiger partial charge in [-0.1, -0.05) is 6.07 Å². The Morgan fingerprint density at radius 3 is 2.51 bits per heavy atom. The van der Waals surface area contributed by atoms with E-state index >= 15 is 0 Å². The van der Waals surface area contributed by atoms with Gasteiger partial charge in [0, 0.05) is 43.1 Å². The highest BCUT2D eigenvalue weighted by molar-refractivity contribution is 6.05. The average molecular weight is 541 g/mol. The van der Waals surface area contributed by atoms with Crippen molar-refractivity contribution < 1.29 is 22.4 Å². The van der Waals surface area contributed by atoms with Gasteiger partial charge in [0.1, 0.15) is 23.2 Å². The molecule has 1 amide bonds. The largest absolute Gasteiger partial charge is 0.419 e. The molecule has 0 aliphatic carbocycles. The van der Waals surface area contributed by atoms with Gasteiger partial charge in [0.15, 0.2) is 5.82 Å². The molecule has 2 N–H and O–H groups in total. The summed E-state index contributed by atoms with van der Waals surface area (Å²) >= 11 is 0. The monoisotopic (exact) mass is 540 g/mol. The lowest BCUT2D eigenvalue weighted by atomic mass is 10.1. The topological polar surface area (TPSA) is 99.2 Å². The molecular formula is C26H24F4N8O. The maximum Gasteiger partial charge on any atom is 0.419 e. The number of rotatable bonds is 5. The summed E-state index contributed by atoms with van der Waals surface area (Å²) in [5, 5.41) is 5.60. The number of aryl methyl sites for hydroxylation is 1. The SMILES string of the molecule is Cc1ccc(C(=O)Nc2ccc(F)c(C(F)(F)F)c2)cc1Nc1ncnc2cnc(N3CCN(C)CC3)nc12. The highest BCUT2D eigenvalue weighted by Gasteiger charge is 2.34. The normalized spacial score (nSPS) is 14.5. The molecule has 39 heavy (non-hydrogen) atoms. The van der Waals surface area contributed by atoms with Crippen LogP contribution in [0, 0.1) is 12.7 Å². The number of carbonyl (C=O) groups excluding carboxylic acids is 1. The van der Waals surface area contributed by atoms with Crippen molar-refractivity contribution in [1.82, 2.24) is 24.8 Å². The minimum Gasteiger partial charge on any atom is -0.338 e. The van der Waals surface area contributed by atoms with Crippen molar-refractivity contribution in [3.8, 4) is 0 Å². The van der Waals surface area contributed by atoms with Crippen LogP contribution in [-0.2, 0) is 6.18 Å². The number of amides is 1. The molecule has 1 aliphatic rings. The maximum absolute atomic E-state index is 13.6. The van der Waals surface area contributed by atoms with Gasteiger partial charge >= 0.3 is 6.18 Å². The summed E-state index contributed by atoms with van der Waals surface area (Å²) < 4.78 is 52.8. The summed E-state index contributed by atoms with van der Waals surface area (Å²) in [6.45, 7) is 5.18. The smallest absolute Gasteiger partial charge is 0.338 e. The summed E-state index contributed by atoms with van der Waals surface area (Å²) in [5.74, 6) is -1.10. The van der Waals surface area contributed by atoms with Crippen molar-refractivity contribution in [3.05, 3.63) is 71.4 Å². The van der Waals surface area contributed by atoms with Crippen LogP contribution in [0.5, 0.6) is 0 Å². The molecule has 4 aromatic rings. The third kappa shape index (κ3) is 5.72. The standard InChI is InChI=1S/C26H24F4N8O/c1-15-3-4-16(24(39)34-17-5-6-19(27)18(12-17)26(28,29)30)11-20(15)35-23-22-21(32-14-33-23)13-31-25(36-22)38-9-7-37(2)8-10-38/h3-6,11-14H,7-10H2,1-2H3,(H,34,39)(H,32,33,35). The number of alkyl halides is 3. The number of fused-ring (bicyclic) bond motifs is 1.